The third-order valence-corrected chi connectivity index (χ3v) is 2.39. The molecule has 0 saturated carbocycles. The number of rotatable bonds is 3. The predicted octanol–water partition coefficient (Wildman–Crippen LogP) is 3.95. The van der Waals surface area contributed by atoms with E-state index in [1.54, 1.807) is 24.3 Å². The first-order valence-corrected chi connectivity index (χ1v) is 5.42. The minimum atomic E-state index is -1.67. The van der Waals surface area contributed by atoms with Gasteiger partial charge in [-0.3, -0.25) is 0 Å². The van der Waals surface area contributed by atoms with E-state index in [0.717, 1.165) is 0 Å². The van der Waals surface area contributed by atoms with Crippen molar-refractivity contribution in [3.63, 3.8) is 0 Å². The number of ether oxygens (including phenoxy) is 1. The van der Waals surface area contributed by atoms with Gasteiger partial charge in [-0.2, -0.15) is 0 Å². The molecule has 1 nitrogen and oxygen atoms in total. The first-order chi connectivity index (χ1) is 6.04. The summed E-state index contributed by atoms with van der Waals surface area (Å²) < 4.78 is 16.9. The highest BCUT2D eigenvalue weighted by atomic mass is 79.9. The minimum absolute atomic E-state index is 0.485. The lowest BCUT2D eigenvalue weighted by molar-refractivity contribution is 0.338. The van der Waals surface area contributed by atoms with Crippen LogP contribution in [0.1, 0.15) is 12.5 Å². The second-order valence-electron chi connectivity index (χ2n) is 2.46. The van der Waals surface area contributed by atoms with Gasteiger partial charge in [0.15, 0.2) is 0 Å². The highest BCUT2D eigenvalue weighted by molar-refractivity contribution is 9.24. The molecule has 0 spiro atoms. The summed E-state index contributed by atoms with van der Waals surface area (Å²) >= 11 is 5.73. The molecule has 1 aromatic carbocycles. The Hall–Kier alpha value is -0.0900. The van der Waals surface area contributed by atoms with Crippen molar-refractivity contribution in [1.82, 2.24) is 0 Å². The van der Waals surface area contributed by atoms with Gasteiger partial charge < -0.3 is 4.74 Å². The molecule has 0 radical (unpaired) electrons. The van der Waals surface area contributed by atoms with Gasteiger partial charge in [-0.1, -0.05) is 12.1 Å². The molecule has 0 aliphatic rings. The molecule has 4 heteroatoms. The van der Waals surface area contributed by atoms with Crippen LogP contribution in [0.2, 0.25) is 0 Å². The number of hydrogen-bond donors (Lipinski definition) is 0. The van der Waals surface area contributed by atoms with E-state index in [0.29, 0.717) is 17.9 Å². The van der Waals surface area contributed by atoms with Crippen molar-refractivity contribution in [3.05, 3.63) is 29.8 Å². The van der Waals surface area contributed by atoms with E-state index in [4.69, 9.17) is 4.74 Å². The van der Waals surface area contributed by atoms with E-state index in [-0.39, 0.29) is 0 Å². The fraction of sp³-hybridized carbons (Fsp3) is 0.333. The van der Waals surface area contributed by atoms with Crippen molar-refractivity contribution < 1.29 is 9.13 Å². The molecule has 0 N–H and O–H groups in total. The molecule has 0 heterocycles. The standard InChI is InChI=1S/C9H9Br2FO/c1-2-13-8-5-3-4-7(6-8)9(10,11)12/h3-6H,2H2,1H3. The molecular weight excluding hydrogens is 303 g/mol. The van der Waals surface area contributed by atoms with E-state index < -0.39 is 3.49 Å². The Kier molecular flexibility index (Phi) is 3.74. The van der Waals surface area contributed by atoms with Gasteiger partial charge >= 0.3 is 0 Å². The number of alkyl halides is 3. The van der Waals surface area contributed by atoms with Gasteiger partial charge in [0.05, 0.1) is 6.61 Å². The topological polar surface area (TPSA) is 9.23 Å². The molecule has 0 amide bonds. The summed E-state index contributed by atoms with van der Waals surface area (Å²) in [5.74, 6) is 0.668. The second-order valence-corrected chi connectivity index (χ2v) is 5.71. The predicted molar refractivity (Wildman–Crippen MR) is 58.3 cm³/mol. The summed E-state index contributed by atoms with van der Waals surface area (Å²) in [6.45, 7) is 2.46. The van der Waals surface area contributed by atoms with Gasteiger partial charge in [0.1, 0.15) is 5.75 Å². The summed E-state index contributed by atoms with van der Waals surface area (Å²) in [6, 6.07) is 6.86. The van der Waals surface area contributed by atoms with Crippen molar-refractivity contribution in [3.8, 4) is 5.75 Å². The Labute approximate surface area is 93.5 Å². The Morgan fingerprint density at radius 2 is 2.15 bits per heavy atom. The number of halogens is 3. The summed E-state index contributed by atoms with van der Waals surface area (Å²) in [7, 11) is 0. The van der Waals surface area contributed by atoms with E-state index in [1.807, 2.05) is 6.92 Å². The van der Waals surface area contributed by atoms with Crippen molar-refractivity contribution in [2.75, 3.05) is 6.61 Å². The van der Waals surface area contributed by atoms with Crippen LogP contribution in [0.25, 0.3) is 0 Å². The smallest absolute Gasteiger partial charge is 0.244 e. The molecular formula is C9H9Br2FO. The third-order valence-electron chi connectivity index (χ3n) is 1.47. The maximum absolute atomic E-state index is 13.3. The molecule has 0 aliphatic heterocycles. The molecule has 0 bridgehead atoms. The van der Waals surface area contributed by atoms with Crippen LogP contribution < -0.4 is 4.74 Å². The molecule has 0 fully saturated rings. The molecule has 1 aromatic rings. The lowest BCUT2D eigenvalue weighted by atomic mass is 10.2. The maximum atomic E-state index is 13.3. The Balaban J connectivity index is 2.92. The zero-order chi connectivity index (χ0) is 9.90. The van der Waals surface area contributed by atoms with Crippen LogP contribution in [0.15, 0.2) is 24.3 Å². The molecule has 0 aliphatic carbocycles. The fourth-order valence-corrected chi connectivity index (χ4v) is 1.42. The minimum Gasteiger partial charge on any atom is -0.494 e. The van der Waals surface area contributed by atoms with Crippen LogP contribution in [0.4, 0.5) is 4.39 Å². The number of hydrogen-bond acceptors (Lipinski definition) is 1. The summed E-state index contributed by atoms with van der Waals surface area (Å²) in [4.78, 5) is 0. The molecule has 13 heavy (non-hydrogen) atoms. The first kappa shape index (κ1) is 11.0. The maximum Gasteiger partial charge on any atom is 0.244 e. The summed E-state index contributed by atoms with van der Waals surface area (Å²) in [5.41, 5.74) is 0.485. The van der Waals surface area contributed by atoms with Gasteiger partial charge in [0, 0.05) is 5.56 Å². The lowest BCUT2D eigenvalue weighted by Crippen LogP contribution is -2.00. The quantitative estimate of drug-likeness (QED) is 0.768. The zero-order valence-corrected chi connectivity index (χ0v) is 10.2. The third kappa shape index (κ3) is 3.27. The molecule has 0 saturated heterocycles. The molecule has 0 aromatic heterocycles. The highest BCUT2D eigenvalue weighted by Crippen LogP contribution is 2.40. The van der Waals surface area contributed by atoms with Crippen molar-refractivity contribution in [2.24, 2.45) is 0 Å². The second kappa shape index (κ2) is 4.42. The number of benzene rings is 1. The van der Waals surface area contributed by atoms with Crippen LogP contribution in [-0.4, -0.2) is 6.61 Å². The molecule has 0 unspecified atom stereocenters. The van der Waals surface area contributed by atoms with Gasteiger partial charge in [0.25, 0.3) is 0 Å². The first-order valence-electron chi connectivity index (χ1n) is 3.84. The van der Waals surface area contributed by atoms with Crippen LogP contribution in [0.3, 0.4) is 0 Å². The van der Waals surface area contributed by atoms with Gasteiger partial charge in [-0.25, -0.2) is 4.39 Å². The van der Waals surface area contributed by atoms with E-state index in [9.17, 15) is 4.39 Å². The van der Waals surface area contributed by atoms with Gasteiger partial charge in [0.2, 0.25) is 3.49 Å². The van der Waals surface area contributed by atoms with Crippen LogP contribution in [0, 0.1) is 0 Å². The van der Waals surface area contributed by atoms with Crippen LogP contribution in [-0.2, 0) is 3.49 Å². The average Bonchev–Trinajstić information content (AvgIpc) is 2.04. The molecule has 72 valence electrons. The van der Waals surface area contributed by atoms with Crippen molar-refractivity contribution >= 4 is 31.9 Å². The Morgan fingerprint density at radius 3 is 2.69 bits per heavy atom. The zero-order valence-electron chi connectivity index (χ0n) is 7.06. The fourth-order valence-electron chi connectivity index (χ4n) is 0.929. The van der Waals surface area contributed by atoms with E-state index in [2.05, 4.69) is 31.9 Å². The summed E-state index contributed by atoms with van der Waals surface area (Å²) in [5, 5.41) is 0. The van der Waals surface area contributed by atoms with Gasteiger partial charge in [-0.05, 0) is 50.9 Å². The monoisotopic (exact) mass is 310 g/mol. The van der Waals surface area contributed by atoms with Gasteiger partial charge in [-0.15, -0.1) is 0 Å². The Morgan fingerprint density at radius 1 is 1.46 bits per heavy atom. The van der Waals surface area contributed by atoms with E-state index in [1.165, 1.54) is 0 Å². The van der Waals surface area contributed by atoms with Crippen LogP contribution >= 0.6 is 31.9 Å². The molecule has 0 atom stereocenters. The average molecular weight is 312 g/mol. The summed E-state index contributed by atoms with van der Waals surface area (Å²) in [6.07, 6.45) is 0. The highest BCUT2D eigenvalue weighted by Gasteiger charge is 2.23. The van der Waals surface area contributed by atoms with Crippen molar-refractivity contribution in [1.29, 1.82) is 0 Å². The van der Waals surface area contributed by atoms with Crippen molar-refractivity contribution in [2.45, 2.75) is 10.4 Å². The normalized spacial score (nSPS) is 11.4. The largest absolute Gasteiger partial charge is 0.494 e. The SMILES string of the molecule is CCOc1cccc(C(F)(Br)Br)c1. The van der Waals surface area contributed by atoms with Crippen LogP contribution in [0.5, 0.6) is 5.75 Å². The Bertz CT molecular complexity index is 283. The molecule has 1 rings (SSSR count). The lowest BCUT2D eigenvalue weighted by Gasteiger charge is -2.11. The van der Waals surface area contributed by atoms with E-state index >= 15 is 0 Å².